The van der Waals surface area contributed by atoms with Crippen LogP contribution >= 0.6 is 23.2 Å². The van der Waals surface area contributed by atoms with Crippen molar-refractivity contribution in [1.29, 1.82) is 5.41 Å². The number of aliphatic imine (C=N–C) groups is 1. The molecular formula is C11H13Cl2N3. The first-order chi connectivity index (χ1) is 7.52. The van der Waals surface area contributed by atoms with Crippen LogP contribution < -0.4 is 0 Å². The Hall–Kier alpha value is -1.06. The average molecular weight is 258 g/mol. The van der Waals surface area contributed by atoms with Gasteiger partial charge in [0, 0.05) is 25.9 Å². The van der Waals surface area contributed by atoms with Crippen LogP contribution in [0.4, 0.5) is 0 Å². The van der Waals surface area contributed by atoms with Crippen molar-refractivity contribution in [2.45, 2.75) is 0 Å². The number of hydrogen-bond acceptors (Lipinski definition) is 2. The fraction of sp³-hybridized carbons (Fsp3) is 0.273. The molecule has 16 heavy (non-hydrogen) atoms. The highest BCUT2D eigenvalue weighted by molar-refractivity contribution is 6.38. The van der Waals surface area contributed by atoms with Gasteiger partial charge in [-0.3, -0.25) is 10.4 Å². The van der Waals surface area contributed by atoms with Gasteiger partial charge in [-0.2, -0.15) is 0 Å². The minimum Gasteiger partial charge on any atom is -0.365 e. The minimum absolute atomic E-state index is 0.314. The Morgan fingerprint density at radius 2 is 1.94 bits per heavy atom. The van der Waals surface area contributed by atoms with Gasteiger partial charge in [-0.25, -0.2) is 0 Å². The van der Waals surface area contributed by atoms with Crippen LogP contribution in [0.1, 0.15) is 5.56 Å². The van der Waals surface area contributed by atoms with Gasteiger partial charge in [-0.05, 0) is 12.1 Å². The number of likely N-dealkylation sites (N-methyl/N-ethyl adjacent to an activating group) is 1. The molecule has 0 aliphatic rings. The summed E-state index contributed by atoms with van der Waals surface area (Å²) in [5.41, 5.74) is 0.692. The van der Waals surface area contributed by atoms with E-state index in [1.165, 1.54) is 0 Å². The Bertz CT molecular complexity index is 393. The second-order valence-corrected chi connectivity index (χ2v) is 4.26. The van der Waals surface area contributed by atoms with Gasteiger partial charge in [0.15, 0.2) is 0 Å². The van der Waals surface area contributed by atoms with Crippen molar-refractivity contribution in [2.24, 2.45) is 4.99 Å². The molecule has 0 aromatic heterocycles. The summed E-state index contributed by atoms with van der Waals surface area (Å²) < 4.78 is 0. The molecule has 0 saturated carbocycles. The molecule has 0 spiro atoms. The molecule has 0 unspecified atom stereocenters. The number of benzene rings is 1. The molecule has 0 heterocycles. The van der Waals surface area contributed by atoms with E-state index in [-0.39, 0.29) is 0 Å². The van der Waals surface area contributed by atoms with Gasteiger partial charge in [0.25, 0.3) is 0 Å². The maximum absolute atomic E-state index is 7.56. The first-order valence-corrected chi connectivity index (χ1v) is 5.46. The van der Waals surface area contributed by atoms with Crippen LogP contribution in [0.3, 0.4) is 0 Å². The summed E-state index contributed by atoms with van der Waals surface area (Å²) >= 11 is 11.9. The molecule has 0 aliphatic carbocycles. The number of halogens is 2. The highest BCUT2D eigenvalue weighted by Gasteiger charge is 2.02. The molecule has 1 aromatic carbocycles. The Labute approximate surface area is 105 Å². The third kappa shape index (κ3) is 3.51. The molecule has 0 fully saturated rings. The Balaban J connectivity index is 2.74. The number of nitrogens with one attached hydrogen (secondary N) is 1. The fourth-order valence-electron chi connectivity index (χ4n) is 0.999. The van der Waals surface area contributed by atoms with Crippen LogP contribution in [-0.2, 0) is 0 Å². The molecule has 0 bridgehead atoms. The Kier molecular flexibility index (Phi) is 4.77. The van der Waals surface area contributed by atoms with Crippen molar-refractivity contribution in [3.8, 4) is 0 Å². The van der Waals surface area contributed by atoms with Crippen molar-refractivity contribution in [3.05, 3.63) is 33.8 Å². The standard InChI is InChI=1S/C11H13Cl2N3/c1-16(2)11(14)7-15-6-8-9(12)4-3-5-10(8)13/h3-6,14H,7H2,1-2H3. The summed E-state index contributed by atoms with van der Waals surface area (Å²) in [6, 6.07) is 5.29. The second kappa shape index (κ2) is 5.87. The lowest BCUT2D eigenvalue weighted by Gasteiger charge is -2.10. The van der Waals surface area contributed by atoms with Gasteiger partial charge in [-0.1, -0.05) is 29.3 Å². The molecular weight excluding hydrogens is 245 g/mol. The van der Waals surface area contributed by atoms with Gasteiger partial charge in [0.1, 0.15) is 5.84 Å². The van der Waals surface area contributed by atoms with Crippen LogP contribution in [0.2, 0.25) is 10.0 Å². The summed E-state index contributed by atoms with van der Waals surface area (Å²) in [5.74, 6) is 0.430. The third-order valence-electron chi connectivity index (χ3n) is 2.00. The molecule has 0 atom stereocenters. The summed E-state index contributed by atoms with van der Waals surface area (Å²) in [5, 5.41) is 8.69. The molecule has 0 radical (unpaired) electrons. The summed E-state index contributed by atoms with van der Waals surface area (Å²) in [7, 11) is 3.61. The lowest BCUT2D eigenvalue weighted by Crippen LogP contribution is -2.23. The fourth-order valence-corrected chi connectivity index (χ4v) is 1.49. The van der Waals surface area contributed by atoms with E-state index >= 15 is 0 Å². The van der Waals surface area contributed by atoms with Crippen LogP contribution in [0, 0.1) is 5.41 Å². The largest absolute Gasteiger partial charge is 0.365 e. The first kappa shape index (κ1) is 13.0. The molecule has 1 N–H and O–H groups in total. The predicted octanol–water partition coefficient (Wildman–Crippen LogP) is 2.95. The smallest absolute Gasteiger partial charge is 0.117 e. The zero-order chi connectivity index (χ0) is 12.1. The monoisotopic (exact) mass is 257 g/mol. The van der Waals surface area contributed by atoms with Gasteiger partial charge in [0.05, 0.1) is 16.6 Å². The van der Waals surface area contributed by atoms with Crippen molar-refractivity contribution >= 4 is 35.3 Å². The molecule has 3 nitrogen and oxygen atoms in total. The molecule has 0 saturated heterocycles. The molecule has 0 aliphatic heterocycles. The molecule has 5 heteroatoms. The summed E-state index contributed by atoms with van der Waals surface area (Å²) in [6.07, 6.45) is 1.60. The third-order valence-corrected chi connectivity index (χ3v) is 2.66. The molecule has 1 rings (SSSR count). The average Bonchev–Trinajstić information content (AvgIpc) is 2.22. The van der Waals surface area contributed by atoms with E-state index in [9.17, 15) is 0 Å². The maximum atomic E-state index is 7.56. The topological polar surface area (TPSA) is 39.5 Å². The zero-order valence-corrected chi connectivity index (χ0v) is 10.7. The number of amidine groups is 1. The Morgan fingerprint density at radius 3 is 2.44 bits per heavy atom. The zero-order valence-electron chi connectivity index (χ0n) is 9.17. The minimum atomic E-state index is 0.314. The van der Waals surface area contributed by atoms with Gasteiger partial charge < -0.3 is 4.90 Å². The van der Waals surface area contributed by atoms with Crippen molar-refractivity contribution in [1.82, 2.24) is 4.90 Å². The van der Waals surface area contributed by atoms with E-state index in [1.54, 1.807) is 43.4 Å². The van der Waals surface area contributed by atoms with Crippen LogP contribution in [0.25, 0.3) is 0 Å². The van der Waals surface area contributed by atoms with Gasteiger partial charge >= 0.3 is 0 Å². The second-order valence-electron chi connectivity index (χ2n) is 3.45. The number of hydrogen-bond donors (Lipinski definition) is 1. The van der Waals surface area contributed by atoms with E-state index in [0.29, 0.717) is 28.0 Å². The van der Waals surface area contributed by atoms with Crippen LogP contribution in [-0.4, -0.2) is 37.6 Å². The van der Waals surface area contributed by atoms with Gasteiger partial charge in [0.2, 0.25) is 0 Å². The quantitative estimate of drug-likeness (QED) is 0.657. The normalized spacial score (nSPS) is 10.8. The van der Waals surface area contributed by atoms with Crippen molar-refractivity contribution in [2.75, 3.05) is 20.6 Å². The highest BCUT2D eigenvalue weighted by Crippen LogP contribution is 2.22. The van der Waals surface area contributed by atoms with E-state index in [0.717, 1.165) is 0 Å². The van der Waals surface area contributed by atoms with Crippen molar-refractivity contribution < 1.29 is 0 Å². The maximum Gasteiger partial charge on any atom is 0.117 e. The van der Waals surface area contributed by atoms with Crippen molar-refractivity contribution in [3.63, 3.8) is 0 Å². The lowest BCUT2D eigenvalue weighted by molar-refractivity contribution is 0.607. The highest BCUT2D eigenvalue weighted by atomic mass is 35.5. The lowest BCUT2D eigenvalue weighted by atomic mass is 10.2. The van der Waals surface area contributed by atoms with Crippen LogP contribution in [0.5, 0.6) is 0 Å². The van der Waals surface area contributed by atoms with E-state index in [4.69, 9.17) is 28.6 Å². The molecule has 1 aromatic rings. The number of nitrogens with zero attached hydrogens (tertiary/aromatic N) is 2. The van der Waals surface area contributed by atoms with E-state index in [2.05, 4.69) is 4.99 Å². The van der Waals surface area contributed by atoms with Crippen LogP contribution in [0.15, 0.2) is 23.2 Å². The SMILES string of the molecule is CN(C)C(=N)CN=Cc1c(Cl)cccc1Cl. The summed E-state index contributed by atoms with van der Waals surface area (Å²) in [6.45, 7) is 0.314. The summed E-state index contributed by atoms with van der Waals surface area (Å²) in [4.78, 5) is 5.82. The Morgan fingerprint density at radius 1 is 1.38 bits per heavy atom. The molecule has 86 valence electrons. The van der Waals surface area contributed by atoms with E-state index in [1.807, 2.05) is 0 Å². The van der Waals surface area contributed by atoms with Gasteiger partial charge in [-0.15, -0.1) is 0 Å². The molecule has 0 amide bonds. The first-order valence-electron chi connectivity index (χ1n) is 4.71. The predicted molar refractivity (Wildman–Crippen MR) is 70.3 cm³/mol. The van der Waals surface area contributed by atoms with E-state index < -0.39 is 0 Å². The number of rotatable bonds is 3.